The predicted molar refractivity (Wildman–Crippen MR) is 76.1 cm³/mol. The van der Waals surface area contributed by atoms with Gasteiger partial charge in [0.1, 0.15) is 0 Å². The van der Waals surface area contributed by atoms with E-state index in [2.05, 4.69) is 6.92 Å². The molecule has 2 atom stereocenters. The molecular weight excluding hydrogens is 257 g/mol. The van der Waals surface area contributed by atoms with E-state index in [1.54, 1.807) is 17.0 Å². The highest BCUT2D eigenvalue weighted by atomic mass is 19.1. The van der Waals surface area contributed by atoms with Crippen molar-refractivity contribution in [3.05, 3.63) is 30.1 Å². The Labute approximate surface area is 119 Å². The third-order valence-corrected chi connectivity index (χ3v) is 4.14. The molecule has 0 spiro atoms. The monoisotopic (exact) mass is 279 g/mol. The van der Waals surface area contributed by atoms with Crippen molar-refractivity contribution in [3.63, 3.8) is 0 Å². The summed E-state index contributed by atoms with van der Waals surface area (Å²) >= 11 is 0. The molecule has 2 unspecified atom stereocenters. The van der Waals surface area contributed by atoms with E-state index in [1.165, 1.54) is 25.0 Å². The van der Waals surface area contributed by atoms with Crippen LogP contribution in [-0.4, -0.2) is 30.5 Å². The van der Waals surface area contributed by atoms with Crippen LogP contribution >= 0.6 is 0 Å². The summed E-state index contributed by atoms with van der Waals surface area (Å²) in [6.07, 6.45) is 4.62. The van der Waals surface area contributed by atoms with Crippen LogP contribution in [-0.2, 0) is 4.79 Å². The quantitative estimate of drug-likeness (QED) is 0.846. The van der Waals surface area contributed by atoms with Crippen LogP contribution in [0.25, 0.3) is 0 Å². The predicted octanol–water partition coefficient (Wildman–Crippen LogP) is 3.24. The van der Waals surface area contributed by atoms with Crippen molar-refractivity contribution in [1.82, 2.24) is 4.90 Å². The number of amides is 1. The van der Waals surface area contributed by atoms with Crippen LogP contribution in [0, 0.1) is 11.7 Å². The number of carbonyl (C=O) groups is 1. The molecule has 0 bridgehead atoms. The molecule has 0 saturated heterocycles. The summed E-state index contributed by atoms with van der Waals surface area (Å²) in [7, 11) is 1.82. The number of nitrogens with zero attached hydrogens (tertiary/aromatic N) is 1. The maximum atomic E-state index is 13.4. The van der Waals surface area contributed by atoms with Gasteiger partial charge >= 0.3 is 0 Å². The highest BCUT2D eigenvalue weighted by Gasteiger charge is 2.27. The first kappa shape index (κ1) is 14.8. The number of halogens is 1. The van der Waals surface area contributed by atoms with E-state index in [4.69, 9.17) is 4.74 Å². The number of hydrogen-bond donors (Lipinski definition) is 0. The van der Waals surface area contributed by atoms with E-state index < -0.39 is 5.82 Å². The molecule has 1 aromatic rings. The Morgan fingerprint density at radius 1 is 1.35 bits per heavy atom. The van der Waals surface area contributed by atoms with Crippen molar-refractivity contribution in [2.24, 2.45) is 5.92 Å². The van der Waals surface area contributed by atoms with Gasteiger partial charge in [0, 0.05) is 13.1 Å². The van der Waals surface area contributed by atoms with Crippen LogP contribution < -0.4 is 4.74 Å². The van der Waals surface area contributed by atoms with Crippen LogP contribution in [0.15, 0.2) is 24.3 Å². The van der Waals surface area contributed by atoms with Crippen LogP contribution in [0.2, 0.25) is 0 Å². The maximum Gasteiger partial charge on any atom is 0.260 e. The molecule has 1 aliphatic carbocycles. The second-order valence-electron chi connectivity index (χ2n) is 5.55. The van der Waals surface area contributed by atoms with Gasteiger partial charge in [0.05, 0.1) is 0 Å². The summed E-state index contributed by atoms with van der Waals surface area (Å²) in [5, 5.41) is 0. The molecule has 0 aromatic heterocycles. The van der Waals surface area contributed by atoms with Crippen LogP contribution in [0.1, 0.15) is 32.6 Å². The van der Waals surface area contributed by atoms with Crippen molar-refractivity contribution in [2.75, 3.05) is 13.7 Å². The average molecular weight is 279 g/mol. The Morgan fingerprint density at radius 2 is 2.05 bits per heavy atom. The number of likely N-dealkylation sites (N-methyl/N-ethyl adjacent to an activating group) is 1. The van der Waals surface area contributed by atoms with Crippen molar-refractivity contribution in [3.8, 4) is 5.75 Å². The summed E-state index contributed by atoms with van der Waals surface area (Å²) in [4.78, 5) is 13.9. The Kier molecular flexibility index (Phi) is 4.99. The molecule has 1 amide bonds. The van der Waals surface area contributed by atoms with Gasteiger partial charge in [0.2, 0.25) is 0 Å². The van der Waals surface area contributed by atoms with Crippen LogP contribution in [0.5, 0.6) is 5.75 Å². The zero-order chi connectivity index (χ0) is 14.5. The first-order chi connectivity index (χ1) is 9.59. The van der Waals surface area contributed by atoms with Crippen molar-refractivity contribution >= 4 is 5.91 Å². The van der Waals surface area contributed by atoms with E-state index in [1.807, 2.05) is 7.05 Å². The molecule has 1 aromatic carbocycles. The number of hydrogen-bond acceptors (Lipinski definition) is 2. The molecule has 0 heterocycles. The van der Waals surface area contributed by atoms with Gasteiger partial charge in [-0.1, -0.05) is 31.9 Å². The van der Waals surface area contributed by atoms with Crippen molar-refractivity contribution in [2.45, 2.75) is 38.6 Å². The molecule has 110 valence electrons. The van der Waals surface area contributed by atoms with Gasteiger partial charge in [-0.2, -0.15) is 0 Å². The van der Waals surface area contributed by atoms with E-state index in [0.717, 1.165) is 12.8 Å². The summed E-state index contributed by atoms with van der Waals surface area (Å²) in [6.45, 7) is 2.08. The van der Waals surface area contributed by atoms with E-state index >= 15 is 0 Å². The van der Waals surface area contributed by atoms with Gasteiger partial charge in [-0.3, -0.25) is 4.79 Å². The number of para-hydroxylation sites is 1. The standard InChI is InChI=1S/C16H22FNO2/c1-12-7-3-5-9-14(12)18(2)16(19)11-20-15-10-6-4-8-13(15)17/h4,6,8,10,12,14H,3,5,7,9,11H2,1-2H3. The van der Waals surface area contributed by atoms with Gasteiger partial charge in [-0.15, -0.1) is 0 Å². The minimum atomic E-state index is -0.436. The lowest BCUT2D eigenvalue weighted by Gasteiger charge is -2.36. The SMILES string of the molecule is CC1CCCCC1N(C)C(=O)COc1ccccc1F. The van der Waals surface area contributed by atoms with Crippen molar-refractivity contribution < 1.29 is 13.9 Å². The molecule has 4 heteroatoms. The second kappa shape index (κ2) is 6.73. The Balaban J connectivity index is 1.89. The first-order valence-electron chi connectivity index (χ1n) is 7.22. The molecule has 2 rings (SSSR count). The topological polar surface area (TPSA) is 29.5 Å². The third-order valence-electron chi connectivity index (χ3n) is 4.14. The Bertz CT molecular complexity index is 464. The maximum absolute atomic E-state index is 13.4. The lowest BCUT2D eigenvalue weighted by Crippen LogP contribution is -2.44. The zero-order valence-electron chi connectivity index (χ0n) is 12.1. The summed E-state index contributed by atoms with van der Waals surface area (Å²) in [5.74, 6) is 0.123. The molecule has 20 heavy (non-hydrogen) atoms. The Hall–Kier alpha value is -1.58. The second-order valence-corrected chi connectivity index (χ2v) is 5.55. The van der Waals surface area contributed by atoms with E-state index in [0.29, 0.717) is 5.92 Å². The lowest BCUT2D eigenvalue weighted by atomic mass is 9.85. The average Bonchev–Trinajstić information content (AvgIpc) is 2.46. The zero-order valence-corrected chi connectivity index (χ0v) is 12.1. The van der Waals surface area contributed by atoms with Gasteiger partial charge < -0.3 is 9.64 Å². The highest BCUT2D eigenvalue weighted by Crippen LogP contribution is 2.27. The van der Waals surface area contributed by atoms with E-state index in [9.17, 15) is 9.18 Å². The minimum absolute atomic E-state index is 0.0907. The van der Waals surface area contributed by atoms with Gasteiger partial charge in [-0.05, 0) is 30.9 Å². The normalized spacial score (nSPS) is 22.4. The summed E-state index contributed by atoms with van der Waals surface area (Å²) < 4.78 is 18.7. The smallest absolute Gasteiger partial charge is 0.260 e. The molecule has 1 aliphatic rings. The van der Waals surface area contributed by atoms with Crippen molar-refractivity contribution in [1.29, 1.82) is 0 Å². The molecule has 0 radical (unpaired) electrons. The molecule has 1 saturated carbocycles. The van der Waals surface area contributed by atoms with Crippen LogP contribution in [0.3, 0.4) is 0 Å². The van der Waals surface area contributed by atoms with Gasteiger partial charge in [-0.25, -0.2) is 4.39 Å². The molecule has 0 N–H and O–H groups in total. The molecular formula is C16H22FNO2. The minimum Gasteiger partial charge on any atom is -0.481 e. The largest absolute Gasteiger partial charge is 0.481 e. The number of benzene rings is 1. The molecule has 0 aliphatic heterocycles. The fourth-order valence-corrected chi connectivity index (χ4v) is 2.86. The fraction of sp³-hybridized carbons (Fsp3) is 0.562. The summed E-state index contributed by atoms with van der Waals surface area (Å²) in [6, 6.07) is 6.43. The summed E-state index contributed by atoms with van der Waals surface area (Å²) in [5.41, 5.74) is 0. The number of ether oxygens (including phenoxy) is 1. The highest BCUT2D eigenvalue weighted by molar-refractivity contribution is 5.77. The first-order valence-corrected chi connectivity index (χ1v) is 7.22. The number of rotatable bonds is 4. The Morgan fingerprint density at radius 3 is 2.75 bits per heavy atom. The van der Waals surface area contributed by atoms with E-state index in [-0.39, 0.29) is 24.3 Å². The third kappa shape index (κ3) is 3.50. The fourth-order valence-electron chi connectivity index (χ4n) is 2.86. The van der Waals surface area contributed by atoms with Crippen LogP contribution in [0.4, 0.5) is 4.39 Å². The number of carbonyl (C=O) groups excluding carboxylic acids is 1. The molecule has 3 nitrogen and oxygen atoms in total. The van der Waals surface area contributed by atoms with Gasteiger partial charge in [0.15, 0.2) is 18.2 Å². The van der Waals surface area contributed by atoms with Gasteiger partial charge in [0.25, 0.3) is 5.91 Å². The lowest BCUT2D eigenvalue weighted by molar-refractivity contribution is -0.135. The molecule has 1 fully saturated rings.